The topological polar surface area (TPSA) is 97.9 Å². The molecule has 0 bridgehead atoms. The lowest BCUT2D eigenvalue weighted by Crippen LogP contribution is -2.49. The Morgan fingerprint density at radius 1 is 1.00 bits per heavy atom. The average molecular weight is 589 g/mol. The molecule has 32 heavy (non-hydrogen) atoms. The molecule has 2 amide bonds. The Hall–Kier alpha value is -2.21. The summed E-state index contributed by atoms with van der Waals surface area (Å²) >= 11 is 11.8. The number of nitrogens with one attached hydrogen (secondary N) is 3. The third-order valence-corrected chi connectivity index (χ3v) is 5.35. The van der Waals surface area contributed by atoms with Crippen LogP contribution < -0.4 is 25.6 Å². The lowest BCUT2D eigenvalue weighted by Gasteiger charge is -2.14. The number of ether oxygens (including phenoxy) is 3. The Morgan fingerprint density at radius 3 is 2.44 bits per heavy atom. The number of rotatable bonds is 9. The number of halogens is 2. The molecule has 0 aliphatic carbocycles. The van der Waals surface area contributed by atoms with Crippen LogP contribution in [-0.4, -0.2) is 43.9 Å². The summed E-state index contributed by atoms with van der Waals surface area (Å²) in [6.45, 7) is 2.48. The first kappa shape index (κ1) is 26.0. The van der Waals surface area contributed by atoms with Gasteiger partial charge in [0.2, 0.25) is 0 Å². The van der Waals surface area contributed by atoms with Crippen molar-refractivity contribution in [2.75, 3.05) is 26.9 Å². The molecule has 0 radical (unpaired) electrons. The van der Waals surface area contributed by atoms with E-state index in [0.717, 1.165) is 16.5 Å². The van der Waals surface area contributed by atoms with Crippen LogP contribution in [0.3, 0.4) is 0 Å². The minimum atomic E-state index is -0.498. The van der Waals surface area contributed by atoms with Gasteiger partial charge in [-0.2, -0.15) is 0 Å². The van der Waals surface area contributed by atoms with E-state index in [1.807, 2.05) is 12.1 Å². The summed E-state index contributed by atoms with van der Waals surface area (Å²) in [5.41, 5.74) is 6.27. The van der Waals surface area contributed by atoms with Gasteiger partial charge in [0.25, 0.3) is 11.8 Å². The minimum Gasteiger partial charge on any atom is -0.490 e. The Kier molecular flexibility index (Phi) is 10.9. The number of carbonyl (C=O) groups is 2. The molecular weight excluding hydrogens is 566 g/mol. The van der Waals surface area contributed by atoms with Gasteiger partial charge in [0, 0.05) is 11.6 Å². The van der Waals surface area contributed by atoms with E-state index in [-0.39, 0.29) is 23.9 Å². The normalized spacial score (nSPS) is 10.2. The number of methoxy groups -OCH3 is 1. The molecule has 0 spiro atoms. The number of aryl methyl sites for hydroxylation is 1. The smallest absolute Gasteiger partial charge is 0.276 e. The fourth-order valence-corrected chi connectivity index (χ4v) is 3.47. The molecular formula is C21H23Br2N3O5S. The van der Waals surface area contributed by atoms with E-state index in [9.17, 15) is 9.59 Å². The summed E-state index contributed by atoms with van der Waals surface area (Å²) in [5.74, 6) is -0.0488. The molecule has 2 aromatic carbocycles. The maximum absolute atomic E-state index is 12.6. The third kappa shape index (κ3) is 8.38. The van der Waals surface area contributed by atoms with Crippen molar-refractivity contribution in [3.05, 3.63) is 56.5 Å². The number of hydrazine groups is 1. The summed E-state index contributed by atoms with van der Waals surface area (Å²) in [6, 6.07) is 10.7. The highest BCUT2D eigenvalue weighted by Crippen LogP contribution is 2.26. The number of thiocarbonyl (C=S) groups is 1. The molecule has 0 atom stereocenters. The summed E-state index contributed by atoms with van der Waals surface area (Å²) in [4.78, 5) is 24.6. The van der Waals surface area contributed by atoms with Crippen molar-refractivity contribution in [2.24, 2.45) is 0 Å². The maximum atomic E-state index is 12.6. The van der Waals surface area contributed by atoms with Crippen LogP contribution in [0, 0.1) is 0 Å². The number of hydrogen-bond donors (Lipinski definition) is 3. The molecule has 0 unspecified atom stereocenters. The van der Waals surface area contributed by atoms with E-state index >= 15 is 0 Å². The molecule has 2 aromatic rings. The Balaban J connectivity index is 1.84. The zero-order valence-corrected chi connectivity index (χ0v) is 21.5. The second-order valence-electron chi connectivity index (χ2n) is 6.35. The standard InChI is InChI=1S/C21H23Br2N3O5S/c1-3-13-4-6-18(16(23)10-13)31-12-19(27)25-26-21(32)24-20(28)15-11-14(22)5-7-17(15)30-9-8-29-2/h4-7,10-11H,3,8-9,12H2,1-2H3,(H,25,27)(H2,24,26,28,32). The van der Waals surface area contributed by atoms with Crippen LogP contribution in [0.2, 0.25) is 0 Å². The lowest BCUT2D eigenvalue weighted by atomic mass is 10.2. The Bertz CT molecular complexity index is 974. The molecule has 0 fully saturated rings. The van der Waals surface area contributed by atoms with Crippen molar-refractivity contribution in [3.63, 3.8) is 0 Å². The van der Waals surface area contributed by atoms with Crippen LogP contribution in [0.5, 0.6) is 11.5 Å². The van der Waals surface area contributed by atoms with E-state index in [1.165, 1.54) is 0 Å². The van der Waals surface area contributed by atoms with E-state index in [0.29, 0.717) is 22.6 Å². The van der Waals surface area contributed by atoms with Crippen LogP contribution in [0.25, 0.3) is 0 Å². The minimum absolute atomic E-state index is 0.0837. The molecule has 0 saturated heterocycles. The summed E-state index contributed by atoms with van der Waals surface area (Å²) < 4.78 is 17.5. The van der Waals surface area contributed by atoms with Gasteiger partial charge >= 0.3 is 0 Å². The lowest BCUT2D eigenvalue weighted by molar-refractivity contribution is -0.123. The summed E-state index contributed by atoms with van der Waals surface area (Å²) in [7, 11) is 1.56. The number of hydrogen-bond acceptors (Lipinski definition) is 6. The summed E-state index contributed by atoms with van der Waals surface area (Å²) in [6.07, 6.45) is 0.896. The summed E-state index contributed by atoms with van der Waals surface area (Å²) in [5, 5.41) is 2.41. The molecule has 172 valence electrons. The fraction of sp³-hybridized carbons (Fsp3) is 0.286. The zero-order chi connectivity index (χ0) is 23.5. The first-order valence-electron chi connectivity index (χ1n) is 9.56. The van der Waals surface area contributed by atoms with Crippen molar-refractivity contribution in [3.8, 4) is 11.5 Å². The molecule has 0 heterocycles. The molecule has 11 heteroatoms. The highest BCUT2D eigenvalue weighted by atomic mass is 79.9. The number of amides is 2. The largest absolute Gasteiger partial charge is 0.490 e. The second kappa shape index (κ2) is 13.4. The van der Waals surface area contributed by atoms with Gasteiger partial charge in [0.1, 0.15) is 18.1 Å². The maximum Gasteiger partial charge on any atom is 0.276 e. The van der Waals surface area contributed by atoms with Crippen LogP contribution in [0.1, 0.15) is 22.8 Å². The van der Waals surface area contributed by atoms with Gasteiger partial charge in [-0.25, -0.2) is 0 Å². The number of carbonyl (C=O) groups excluding carboxylic acids is 2. The first-order valence-corrected chi connectivity index (χ1v) is 11.6. The number of benzene rings is 2. The third-order valence-electron chi connectivity index (χ3n) is 4.04. The van der Waals surface area contributed by atoms with Crippen molar-refractivity contribution < 1.29 is 23.8 Å². The van der Waals surface area contributed by atoms with Gasteiger partial charge in [-0.15, -0.1) is 0 Å². The molecule has 3 N–H and O–H groups in total. The van der Waals surface area contributed by atoms with Crippen molar-refractivity contribution in [2.45, 2.75) is 13.3 Å². The van der Waals surface area contributed by atoms with Crippen LogP contribution in [0.15, 0.2) is 45.3 Å². The van der Waals surface area contributed by atoms with Gasteiger partial charge in [-0.05, 0) is 70.5 Å². The average Bonchev–Trinajstić information content (AvgIpc) is 2.77. The van der Waals surface area contributed by atoms with Crippen molar-refractivity contribution in [1.82, 2.24) is 16.2 Å². The second-order valence-corrected chi connectivity index (χ2v) is 8.52. The molecule has 2 rings (SSSR count). The Labute approximate surface area is 208 Å². The monoisotopic (exact) mass is 587 g/mol. The van der Waals surface area contributed by atoms with E-state index < -0.39 is 11.8 Å². The van der Waals surface area contributed by atoms with Crippen molar-refractivity contribution >= 4 is 61.0 Å². The highest BCUT2D eigenvalue weighted by Gasteiger charge is 2.15. The zero-order valence-electron chi connectivity index (χ0n) is 17.5. The predicted molar refractivity (Wildman–Crippen MR) is 132 cm³/mol. The van der Waals surface area contributed by atoms with E-state index in [4.69, 9.17) is 26.4 Å². The van der Waals surface area contributed by atoms with Gasteiger partial charge < -0.3 is 14.2 Å². The van der Waals surface area contributed by atoms with Crippen molar-refractivity contribution in [1.29, 1.82) is 0 Å². The van der Waals surface area contributed by atoms with Gasteiger partial charge in [0.05, 0.1) is 16.6 Å². The molecule has 8 nitrogen and oxygen atoms in total. The fourth-order valence-electron chi connectivity index (χ4n) is 2.43. The quantitative estimate of drug-likeness (QED) is 0.234. The van der Waals surface area contributed by atoms with Gasteiger partial charge in [0.15, 0.2) is 11.7 Å². The predicted octanol–water partition coefficient (Wildman–Crippen LogP) is 3.51. The van der Waals surface area contributed by atoms with E-state index in [2.05, 4.69) is 55.0 Å². The highest BCUT2D eigenvalue weighted by molar-refractivity contribution is 9.10. The molecule has 0 aliphatic heterocycles. The van der Waals surface area contributed by atoms with Gasteiger partial charge in [-0.3, -0.25) is 25.8 Å². The van der Waals surface area contributed by atoms with Crippen LogP contribution >= 0.6 is 44.1 Å². The Morgan fingerprint density at radius 2 is 1.75 bits per heavy atom. The molecule has 0 aromatic heterocycles. The first-order chi connectivity index (χ1) is 15.3. The SMILES string of the molecule is CCc1ccc(OCC(=O)NNC(=S)NC(=O)c2cc(Br)ccc2OCCOC)c(Br)c1. The van der Waals surface area contributed by atoms with Gasteiger partial charge in [-0.1, -0.05) is 28.9 Å². The molecule has 0 saturated carbocycles. The van der Waals surface area contributed by atoms with E-state index in [1.54, 1.807) is 31.4 Å². The molecule has 0 aliphatic rings. The van der Waals surface area contributed by atoms with Crippen LogP contribution in [0.4, 0.5) is 0 Å². The van der Waals surface area contributed by atoms with Crippen LogP contribution in [-0.2, 0) is 16.0 Å².